The summed E-state index contributed by atoms with van der Waals surface area (Å²) < 4.78 is 5.28. The van der Waals surface area contributed by atoms with Gasteiger partial charge >= 0.3 is 0 Å². The van der Waals surface area contributed by atoms with E-state index in [2.05, 4.69) is 6.07 Å². The van der Waals surface area contributed by atoms with Gasteiger partial charge in [0.2, 0.25) is 5.91 Å². The quantitative estimate of drug-likeness (QED) is 0.926. The van der Waals surface area contributed by atoms with Crippen LogP contribution < -0.4 is 4.90 Å². The Morgan fingerprint density at radius 3 is 2.71 bits per heavy atom. The number of hydrogen-bond acceptors (Lipinski definition) is 4. The van der Waals surface area contributed by atoms with E-state index in [4.69, 9.17) is 4.74 Å². The molecule has 1 saturated heterocycles. The number of amides is 1. The molecule has 0 spiro atoms. The number of carbonyl (C=O) groups excluding carboxylic acids is 1. The van der Waals surface area contributed by atoms with E-state index in [9.17, 15) is 15.2 Å². The highest BCUT2D eigenvalue weighted by Crippen LogP contribution is 2.35. The van der Waals surface area contributed by atoms with Gasteiger partial charge in [0.05, 0.1) is 11.8 Å². The third kappa shape index (κ3) is 2.86. The standard InChI is InChI=1S/C16H20N2O3/c1-3-18(14-10-13(19)5-4-12(14)2)15(20)16(11-17)6-8-21-9-7-16/h4-5,10,19H,3,6-9H2,1-2H3. The van der Waals surface area contributed by atoms with E-state index in [1.165, 1.54) is 0 Å². The first kappa shape index (κ1) is 15.3. The Kier molecular flexibility index (Phi) is 4.49. The summed E-state index contributed by atoms with van der Waals surface area (Å²) in [6, 6.07) is 7.13. The molecule has 1 fully saturated rings. The summed E-state index contributed by atoms with van der Waals surface area (Å²) >= 11 is 0. The summed E-state index contributed by atoms with van der Waals surface area (Å²) in [5, 5.41) is 19.2. The molecule has 1 amide bonds. The molecule has 0 atom stereocenters. The zero-order chi connectivity index (χ0) is 15.5. The lowest BCUT2D eigenvalue weighted by Gasteiger charge is -2.35. The van der Waals surface area contributed by atoms with Gasteiger partial charge in [0.1, 0.15) is 11.2 Å². The summed E-state index contributed by atoms with van der Waals surface area (Å²) in [5.74, 6) is -0.0932. The summed E-state index contributed by atoms with van der Waals surface area (Å²) in [6.07, 6.45) is 0.827. The number of hydrogen-bond donors (Lipinski definition) is 1. The molecule has 1 heterocycles. The Hall–Kier alpha value is -2.06. The lowest BCUT2D eigenvalue weighted by molar-refractivity contribution is -0.129. The molecule has 1 aromatic carbocycles. The molecule has 0 unspecified atom stereocenters. The number of aryl methyl sites for hydroxylation is 1. The average Bonchev–Trinajstić information content (AvgIpc) is 2.52. The number of nitriles is 1. The fourth-order valence-electron chi connectivity index (χ4n) is 2.66. The zero-order valence-electron chi connectivity index (χ0n) is 12.4. The van der Waals surface area contributed by atoms with Crippen LogP contribution >= 0.6 is 0 Å². The van der Waals surface area contributed by atoms with Crippen molar-refractivity contribution in [3.05, 3.63) is 23.8 Å². The van der Waals surface area contributed by atoms with Gasteiger partial charge in [0.15, 0.2) is 0 Å². The highest BCUT2D eigenvalue weighted by atomic mass is 16.5. The van der Waals surface area contributed by atoms with Gasteiger partial charge in [-0.15, -0.1) is 0 Å². The second-order valence-corrected chi connectivity index (χ2v) is 5.33. The molecule has 1 aliphatic heterocycles. The van der Waals surface area contributed by atoms with Crippen molar-refractivity contribution >= 4 is 11.6 Å². The van der Waals surface area contributed by atoms with Crippen LogP contribution in [-0.4, -0.2) is 30.8 Å². The SMILES string of the molecule is CCN(C(=O)C1(C#N)CCOCC1)c1cc(O)ccc1C. The zero-order valence-corrected chi connectivity index (χ0v) is 12.4. The smallest absolute Gasteiger partial charge is 0.247 e. The number of anilines is 1. The van der Waals surface area contributed by atoms with Gasteiger partial charge in [-0.05, 0) is 38.3 Å². The fraction of sp³-hybridized carbons (Fsp3) is 0.500. The molecule has 1 aromatic rings. The van der Waals surface area contributed by atoms with Crippen molar-refractivity contribution in [1.29, 1.82) is 5.26 Å². The minimum atomic E-state index is -1.02. The fourth-order valence-corrected chi connectivity index (χ4v) is 2.66. The van der Waals surface area contributed by atoms with E-state index in [-0.39, 0.29) is 11.7 Å². The number of phenols is 1. The van der Waals surface area contributed by atoms with Crippen molar-refractivity contribution in [2.24, 2.45) is 5.41 Å². The van der Waals surface area contributed by atoms with Crippen LogP contribution in [0.25, 0.3) is 0 Å². The summed E-state index contributed by atoms with van der Waals surface area (Å²) in [4.78, 5) is 14.5. The topological polar surface area (TPSA) is 73.6 Å². The normalized spacial score (nSPS) is 17.0. The summed E-state index contributed by atoms with van der Waals surface area (Å²) in [7, 11) is 0. The van der Waals surface area contributed by atoms with Gasteiger partial charge in [-0.1, -0.05) is 6.07 Å². The number of ether oxygens (including phenoxy) is 1. The molecule has 1 aliphatic rings. The monoisotopic (exact) mass is 288 g/mol. The Bertz CT molecular complexity index is 571. The molecule has 21 heavy (non-hydrogen) atoms. The number of phenolic OH excluding ortho intramolecular Hbond substituents is 1. The molecule has 0 radical (unpaired) electrons. The van der Waals surface area contributed by atoms with Crippen molar-refractivity contribution in [2.45, 2.75) is 26.7 Å². The maximum Gasteiger partial charge on any atom is 0.247 e. The Morgan fingerprint density at radius 2 is 2.14 bits per heavy atom. The minimum Gasteiger partial charge on any atom is -0.508 e. The number of benzene rings is 1. The predicted octanol–water partition coefficient (Wildman–Crippen LogP) is 2.37. The Morgan fingerprint density at radius 1 is 1.48 bits per heavy atom. The van der Waals surface area contributed by atoms with Crippen LogP contribution in [0.5, 0.6) is 5.75 Å². The van der Waals surface area contributed by atoms with Crippen LogP contribution in [0.2, 0.25) is 0 Å². The van der Waals surface area contributed by atoms with Crippen LogP contribution in [0.15, 0.2) is 18.2 Å². The molecule has 0 saturated carbocycles. The molecule has 5 heteroatoms. The third-order valence-electron chi connectivity index (χ3n) is 4.01. The van der Waals surface area contributed by atoms with Gasteiger partial charge in [0.25, 0.3) is 0 Å². The maximum atomic E-state index is 12.9. The van der Waals surface area contributed by atoms with Crippen molar-refractivity contribution < 1.29 is 14.6 Å². The molecular weight excluding hydrogens is 268 g/mol. The molecule has 0 aromatic heterocycles. The molecule has 112 valence electrons. The number of rotatable bonds is 3. The molecule has 0 aliphatic carbocycles. The molecule has 2 rings (SSSR count). The summed E-state index contributed by atoms with van der Waals surface area (Å²) in [5.41, 5.74) is 0.526. The van der Waals surface area contributed by atoms with E-state index in [1.807, 2.05) is 13.8 Å². The first-order valence-corrected chi connectivity index (χ1v) is 7.14. The highest BCUT2D eigenvalue weighted by Gasteiger charge is 2.43. The predicted molar refractivity (Wildman–Crippen MR) is 79.0 cm³/mol. The van der Waals surface area contributed by atoms with E-state index in [1.54, 1.807) is 23.1 Å². The van der Waals surface area contributed by atoms with E-state index >= 15 is 0 Å². The van der Waals surface area contributed by atoms with Crippen LogP contribution in [0.4, 0.5) is 5.69 Å². The lowest BCUT2D eigenvalue weighted by Crippen LogP contribution is -2.46. The largest absolute Gasteiger partial charge is 0.508 e. The van der Waals surface area contributed by atoms with Gasteiger partial charge in [-0.25, -0.2) is 0 Å². The number of nitrogens with zero attached hydrogens (tertiary/aromatic N) is 2. The van der Waals surface area contributed by atoms with Crippen LogP contribution in [0.3, 0.4) is 0 Å². The van der Waals surface area contributed by atoms with Gasteiger partial charge < -0.3 is 14.7 Å². The van der Waals surface area contributed by atoms with Crippen molar-refractivity contribution in [3.8, 4) is 11.8 Å². The molecular formula is C16H20N2O3. The highest BCUT2D eigenvalue weighted by molar-refractivity contribution is 6.00. The van der Waals surface area contributed by atoms with Crippen molar-refractivity contribution in [2.75, 3.05) is 24.7 Å². The second kappa shape index (κ2) is 6.15. The average molecular weight is 288 g/mol. The molecule has 1 N–H and O–H groups in total. The number of aromatic hydroxyl groups is 1. The Balaban J connectivity index is 2.38. The van der Waals surface area contributed by atoms with Crippen LogP contribution in [-0.2, 0) is 9.53 Å². The first-order valence-electron chi connectivity index (χ1n) is 7.14. The number of carbonyl (C=O) groups is 1. The minimum absolute atomic E-state index is 0.111. The lowest BCUT2D eigenvalue weighted by atomic mass is 9.80. The Labute approximate surface area is 124 Å². The second-order valence-electron chi connectivity index (χ2n) is 5.33. The van der Waals surface area contributed by atoms with Crippen molar-refractivity contribution in [1.82, 2.24) is 0 Å². The van der Waals surface area contributed by atoms with Crippen LogP contribution in [0.1, 0.15) is 25.3 Å². The van der Waals surface area contributed by atoms with Gasteiger partial charge in [-0.3, -0.25) is 4.79 Å². The van der Waals surface area contributed by atoms with Crippen LogP contribution in [0, 0.1) is 23.7 Å². The first-order chi connectivity index (χ1) is 10.0. The third-order valence-corrected chi connectivity index (χ3v) is 4.01. The van der Waals surface area contributed by atoms with E-state index < -0.39 is 5.41 Å². The van der Waals surface area contributed by atoms with E-state index in [0.717, 1.165) is 5.56 Å². The molecule has 5 nitrogen and oxygen atoms in total. The molecule has 0 bridgehead atoms. The summed E-state index contributed by atoms with van der Waals surface area (Å²) in [6.45, 7) is 5.05. The van der Waals surface area contributed by atoms with Crippen molar-refractivity contribution in [3.63, 3.8) is 0 Å². The van der Waals surface area contributed by atoms with E-state index in [0.29, 0.717) is 38.3 Å². The maximum absolute atomic E-state index is 12.9. The van der Waals surface area contributed by atoms with Gasteiger partial charge in [0, 0.05) is 25.8 Å². The van der Waals surface area contributed by atoms with Gasteiger partial charge in [-0.2, -0.15) is 5.26 Å².